The second-order valence-electron chi connectivity index (χ2n) is 13.6. The highest BCUT2D eigenvalue weighted by Gasteiger charge is 2.73. The molecule has 0 bridgehead atoms. The molecule has 0 aromatic carbocycles. The molecule has 1 saturated heterocycles. The van der Waals surface area contributed by atoms with Crippen LogP contribution in [0, 0.1) is 34.5 Å². The van der Waals surface area contributed by atoms with Gasteiger partial charge in [-0.2, -0.15) is 0 Å². The fraction of sp³-hybridized carbons (Fsp3) is 0.867. The molecule has 9 heteroatoms. The van der Waals surface area contributed by atoms with Crippen molar-refractivity contribution in [1.29, 1.82) is 0 Å². The number of cyclic esters (lactones) is 1. The van der Waals surface area contributed by atoms with Crippen molar-refractivity contribution in [1.82, 2.24) is 0 Å². The van der Waals surface area contributed by atoms with Gasteiger partial charge in [0.25, 0.3) is 0 Å². The van der Waals surface area contributed by atoms with Crippen molar-refractivity contribution < 1.29 is 43.9 Å². The zero-order valence-corrected chi connectivity index (χ0v) is 23.5. The Labute approximate surface area is 230 Å². The maximum atomic E-state index is 14.1. The van der Waals surface area contributed by atoms with E-state index in [2.05, 4.69) is 6.92 Å². The largest absolute Gasteiger partial charge is 0.458 e. The Morgan fingerprint density at radius 3 is 2.51 bits per heavy atom. The van der Waals surface area contributed by atoms with E-state index in [4.69, 9.17) is 18.9 Å². The third-order valence-corrected chi connectivity index (χ3v) is 12.1. The molecule has 39 heavy (non-hydrogen) atoms. The van der Waals surface area contributed by atoms with E-state index in [0.29, 0.717) is 19.3 Å². The van der Waals surface area contributed by atoms with E-state index in [0.717, 1.165) is 37.7 Å². The molecule has 9 nitrogen and oxygen atoms in total. The Hall–Kier alpha value is -1.36. The van der Waals surface area contributed by atoms with Gasteiger partial charge in [0, 0.05) is 30.9 Å². The molecule has 0 aromatic heterocycles. The van der Waals surface area contributed by atoms with E-state index in [1.165, 1.54) is 6.08 Å². The van der Waals surface area contributed by atoms with Gasteiger partial charge in [-0.1, -0.05) is 13.8 Å². The van der Waals surface area contributed by atoms with E-state index in [1.54, 1.807) is 7.11 Å². The van der Waals surface area contributed by atoms with Crippen LogP contribution in [0.1, 0.15) is 72.1 Å². The molecule has 0 radical (unpaired) electrons. The van der Waals surface area contributed by atoms with Gasteiger partial charge in [-0.05, 0) is 80.6 Å². The number of Topliss-reactive ketones (excluding diaryl/α,β-unsaturated/α-hetero) is 1. The highest BCUT2D eigenvalue weighted by molar-refractivity contribution is 5.90. The average molecular weight is 549 g/mol. The Kier molecular flexibility index (Phi) is 6.84. The Bertz CT molecular complexity index is 1040. The van der Waals surface area contributed by atoms with Crippen LogP contribution >= 0.6 is 0 Å². The molecule has 6 aliphatic rings. The summed E-state index contributed by atoms with van der Waals surface area (Å²) in [6, 6.07) is 0. The second-order valence-corrected chi connectivity index (χ2v) is 13.6. The third kappa shape index (κ3) is 3.94. The van der Waals surface area contributed by atoms with Crippen molar-refractivity contribution in [3.05, 3.63) is 11.6 Å². The van der Waals surface area contributed by atoms with Gasteiger partial charge in [0.2, 0.25) is 0 Å². The first-order valence-corrected chi connectivity index (χ1v) is 14.8. The van der Waals surface area contributed by atoms with Crippen molar-refractivity contribution in [2.75, 3.05) is 13.7 Å². The maximum absolute atomic E-state index is 14.1. The number of esters is 1. The molecule has 0 unspecified atom stereocenters. The quantitative estimate of drug-likeness (QED) is 0.358. The minimum atomic E-state index is -1.30. The molecule has 5 fully saturated rings. The van der Waals surface area contributed by atoms with E-state index >= 15 is 0 Å². The van der Waals surface area contributed by atoms with Crippen molar-refractivity contribution in [3.8, 4) is 0 Å². The van der Waals surface area contributed by atoms with Crippen LogP contribution < -0.4 is 0 Å². The summed E-state index contributed by atoms with van der Waals surface area (Å²) in [5.74, 6) is -1.24. The topological polar surface area (TPSA) is 132 Å². The van der Waals surface area contributed by atoms with Crippen LogP contribution in [0.3, 0.4) is 0 Å². The molecule has 0 amide bonds. The Balaban J connectivity index is 1.21. The van der Waals surface area contributed by atoms with Crippen molar-refractivity contribution >= 4 is 11.8 Å². The second kappa shape index (κ2) is 9.60. The molecule has 218 valence electrons. The molecule has 2 aliphatic heterocycles. The standard InChI is InChI=1S/C30H44O9/c1-15-25(32)21(36-4)13-23(38-15)39-18-7-9-28(2)17(12-18)5-6-20-24(28)26(33)27(34)29(3)19(8-10-30(20,29)35)16-11-22(31)37-14-16/h11,15,17-21,23-25,27,32,34-35H,5-10,12-14H2,1-4H3/t15-,17+,18-,19+,20+,21-,23-,24+,25+,27+,28-,29-,30-/m0/s1. The number of hydrogen-bond acceptors (Lipinski definition) is 9. The SMILES string of the molecule is CO[C@H]1C[C@H](O[C@H]2CC[C@@]3(C)[C@H](CC[C@@H]4[C@@H]3C(=O)[C@@H](O)[C@]3(C)[C@@H](C5=CC(=O)OC5)CC[C@]43O)C2)O[C@@H](C)[C@H]1O. The van der Waals surface area contributed by atoms with Gasteiger partial charge in [0.15, 0.2) is 12.1 Å². The lowest BCUT2D eigenvalue weighted by atomic mass is 9.42. The molecule has 0 aromatic rings. The summed E-state index contributed by atoms with van der Waals surface area (Å²) in [5, 5.41) is 34.3. The van der Waals surface area contributed by atoms with Gasteiger partial charge in [-0.3, -0.25) is 4.79 Å². The minimum Gasteiger partial charge on any atom is -0.458 e. The molecule has 2 heterocycles. The lowest BCUT2D eigenvalue weighted by molar-refractivity contribution is -0.274. The number of fused-ring (bicyclic) bond motifs is 5. The summed E-state index contributed by atoms with van der Waals surface area (Å²) in [4.78, 5) is 25.9. The lowest BCUT2D eigenvalue weighted by Crippen LogP contribution is -2.70. The van der Waals surface area contributed by atoms with Crippen LogP contribution in [0.15, 0.2) is 11.6 Å². The predicted octanol–water partition coefficient (Wildman–Crippen LogP) is 2.29. The summed E-state index contributed by atoms with van der Waals surface area (Å²) in [5.41, 5.74) is -1.80. The number of carbonyl (C=O) groups is 2. The van der Waals surface area contributed by atoms with Gasteiger partial charge < -0.3 is 34.3 Å². The number of methoxy groups -OCH3 is 1. The van der Waals surface area contributed by atoms with Crippen molar-refractivity contribution in [3.63, 3.8) is 0 Å². The van der Waals surface area contributed by atoms with E-state index in [-0.39, 0.29) is 53.9 Å². The summed E-state index contributed by atoms with van der Waals surface area (Å²) in [7, 11) is 1.59. The molecule has 3 N–H and O–H groups in total. The number of hydrogen-bond donors (Lipinski definition) is 3. The van der Waals surface area contributed by atoms with E-state index in [1.807, 2.05) is 13.8 Å². The molecule has 4 saturated carbocycles. The number of aliphatic hydroxyl groups excluding tert-OH is 2. The summed E-state index contributed by atoms with van der Waals surface area (Å²) in [6.07, 6.45) is 3.83. The smallest absolute Gasteiger partial charge is 0.331 e. The van der Waals surface area contributed by atoms with Crippen LogP contribution in [-0.4, -0.2) is 83.2 Å². The minimum absolute atomic E-state index is 0.0238. The normalized spacial score (nSPS) is 53.5. The van der Waals surface area contributed by atoms with Gasteiger partial charge in [-0.25, -0.2) is 4.79 Å². The Morgan fingerprint density at radius 1 is 1.05 bits per heavy atom. The van der Waals surface area contributed by atoms with Crippen LogP contribution in [0.4, 0.5) is 0 Å². The number of aliphatic hydroxyl groups is 3. The number of carbonyl (C=O) groups excluding carboxylic acids is 2. The molecular formula is C30H44O9. The first-order chi connectivity index (χ1) is 18.4. The first kappa shape index (κ1) is 27.8. The van der Waals surface area contributed by atoms with Gasteiger partial charge in [-0.15, -0.1) is 0 Å². The van der Waals surface area contributed by atoms with Crippen LogP contribution in [0.2, 0.25) is 0 Å². The third-order valence-electron chi connectivity index (χ3n) is 12.1. The molecule has 13 atom stereocenters. The van der Waals surface area contributed by atoms with E-state index < -0.39 is 41.4 Å². The van der Waals surface area contributed by atoms with E-state index in [9.17, 15) is 24.9 Å². The summed E-state index contributed by atoms with van der Waals surface area (Å²) >= 11 is 0. The molecular weight excluding hydrogens is 504 g/mol. The molecule has 4 aliphatic carbocycles. The predicted molar refractivity (Wildman–Crippen MR) is 138 cm³/mol. The zero-order valence-electron chi connectivity index (χ0n) is 23.5. The number of ketones is 1. The summed E-state index contributed by atoms with van der Waals surface area (Å²) in [6.45, 7) is 6.02. The molecule has 6 rings (SSSR count). The van der Waals surface area contributed by atoms with Crippen molar-refractivity contribution in [2.24, 2.45) is 34.5 Å². The van der Waals surface area contributed by atoms with Crippen LogP contribution in [0.25, 0.3) is 0 Å². The first-order valence-electron chi connectivity index (χ1n) is 14.8. The average Bonchev–Trinajstić information content (AvgIpc) is 3.45. The van der Waals surface area contributed by atoms with Gasteiger partial charge in [0.1, 0.15) is 18.8 Å². The lowest BCUT2D eigenvalue weighted by Gasteiger charge is -2.64. The maximum Gasteiger partial charge on any atom is 0.331 e. The number of rotatable bonds is 4. The van der Waals surface area contributed by atoms with Crippen molar-refractivity contribution in [2.45, 2.75) is 115 Å². The number of ether oxygens (including phenoxy) is 4. The fourth-order valence-electron chi connectivity index (χ4n) is 9.82. The fourth-order valence-corrected chi connectivity index (χ4v) is 9.82. The van der Waals surface area contributed by atoms with Crippen LogP contribution in [-0.2, 0) is 28.5 Å². The van der Waals surface area contributed by atoms with Crippen LogP contribution in [0.5, 0.6) is 0 Å². The van der Waals surface area contributed by atoms with Gasteiger partial charge >= 0.3 is 5.97 Å². The highest BCUT2D eigenvalue weighted by atomic mass is 16.7. The molecule has 0 spiro atoms. The zero-order chi connectivity index (χ0) is 27.9. The Morgan fingerprint density at radius 2 is 1.82 bits per heavy atom. The van der Waals surface area contributed by atoms with Gasteiger partial charge in [0.05, 0.1) is 23.9 Å². The highest BCUT2D eigenvalue weighted by Crippen LogP contribution is 2.69. The monoisotopic (exact) mass is 548 g/mol. The summed E-state index contributed by atoms with van der Waals surface area (Å²) < 4.78 is 22.9.